The highest BCUT2D eigenvalue weighted by Gasteiger charge is 1.96. The standard InChI is InChI=1S/C8H5NO2/c10-7-2-4-11-8-1-3-9-5-6(7)8/h1-5H. The van der Waals surface area contributed by atoms with Gasteiger partial charge in [0.05, 0.1) is 11.6 Å². The van der Waals surface area contributed by atoms with Crippen LogP contribution in [0.1, 0.15) is 0 Å². The van der Waals surface area contributed by atoms with Crippen molar-refractivity contribution in [1.29, 1.82) is 0 Å². The third kappa shape index (κ3) is 0.902. The van der Waals surface area contributed by atoms with Gasteiger partial charge in [-0.15, -0.1) is 0 Å². The molecule has 0 fully saturated rings. The molecule has 2 aromatic rings. The summed E-state index contributed by atoms with van der Waals surface area (Å²) < 4.78 is 5.05. The molecule has 0 unspecified atom stereocenters. The number of aromatic nitrogens is 1. The molecule has 3 heteroatoms. The second kappa shape index (κ2) is 2.20. The fraction of sp³-hybridized carbons (Fsp3) is 0. The summed E-state index contributed by atoms with van der Waals surface area (Å²) in [6.45, 7) is 0. The lowest BCUT2D eigenvalue weighted by Crippen LogP contribution is -1.97. The van der Waals surface area contributed by atoms with Crippen molar-refractivity contribution in [3.8, 4) is 0 Å². The Hall–Kier alpha value is -1.64. The first-order valence-electron chi connectivity index (χ1n) is 3.19. The van der Waals surface area contributed by atoms with Crippen molar-refractivity contribution in [1.82, 2.24) is 4.98 Å². The molecule has 0 spiro atoms. The lowest BCUT2D eigenvalue weighted by atomic mass is 10.3. The van der Waals surface area contributed by atoms with Gasteiger partial charge in [0, 0.05) is 18.5 Å². The number of hydrogen-bond donors (Lipinski definition) is 0. The Bertz CT molecular complexity index is 428. The van der Waals surface area contributed by atoms with Gasteiger partial charge in [-0.2, -0.15) is 0 Å². The Labute approximate surface area is 62.3 Å². The molecule has 3 nitrogen and oxygen atoms in total. The van der Waals surface area contributed by atoms with Gasteiger partial charge in [0.1, 0.15) is 5.58 Å². The summed E-state index contributed by atoms with van der Waals surface area (Å²) in [4.78, 5) is 14.9. The van der Waals surface area contributed by atoms with Gasteiger partial charge < -0.3 is 4.42 Å². The van der Waals surface area contributed by atoms with E-state index in [1.165, 1.54) is 18.5 Å². The predicted octanol–water partition coefficient (Wildman–Crippen LogP) is 1.19. The number of fused-ring (bicyclic) bond motifs is 1. The summed E-state index contributed by atoms with van der Waals surface area (Å²) in [6, 6.07) is 3.04. The van der Waals surface area contributed by atoms with Gasteiger partial charge in [-0.3, -0.25) is 9.78 Å². The summed E-state index contributed by atoms with van der Waals surface area (Å²) in [6.07, 6.45) is 4.47. The van der Waals surface area contributed by atoms with E-state index >= 15 is 0 Å². The molecule has 0 radical (unpaired) electrons. The first kappa shape index (κ1) is 6.09. The minimum Gasteiger partial charge on any atom is -0.464 e. The molecule has 0 aliphatic carbocycles. The van der Waals surface area contributed by atoms with Gasteiger partial charge in [-0.25, -0.2) is 0 Å². The fourth-order valence-electron chi connectivity index (χ4n) is 0.928. The van der Waals surface area contributed by atoms with Crippen LogP contribution in [-0.4, -0.2) is 4.98 Å². The quantitative estimate of drug-likeness (QED) is 0.562. The normalized spacial score (nSPS) is 10.2. The Kier molecular flexibility index (Phi) is 1.22. The highest BCUT2D eigenvalue weighted by atomic mass is 16.3. The van der Waals surface area contributed by atoms with Crippen LogP contribution in [0.2, 0.25) is 0 Å². The summed E-state index contributed by atoms with van der Waals surface area (Å²) in [5.74, 6) is 0. The molecule has 11 heavy (non-hydrogen) atoms. The van der Waals surface area contributed by atoms with Gasteiger partial charge >= 0.3 is 0 Å². The van der Waals surface area contributed by atoms with E-state index in [2.05, 4.69) is 4.98 Å². The fourth-order valence-corrected chi connectivity index (χ4v) is 0.928. The largest absolute Gasteiger partial charge is 0.464 e. The van der Waals surface area contributed by atoms with E-state index in [9.17, 15) is 4.79 Å². The van der Waals surface area contributed by atoms with E-state index in [1.807, 2.05) is 0 Å². The molecule has 2 aromatic heterocycles. The Morgan fingerprint density at radius 2 is 2.27 bits per heavy atom. The highest BCUT2D eigenvalue weighted by molar-refractivity contribution is 5.74. The molecule has 0 saturated carbocycles. The third-order valence-corrected chi connectivity index (χ3v) is 1.46. The van der Waals surface area contributed by atoms with Crippen LogP contribution < -0.4 is 5.43 Å². The topological polar surface area (TPSA) is 43.1 Å². The second-order valence-electron chi connectivity index (χ2n) is 2.16. The van der Waals surface area contributed by atoms with Crippen molar-refractivity contribution in [2.45, 2.75) is 0 Å². The van der Waals surface area contributed by atoms with Gasteiger partial charge in [-0.1, -0.05) is 0 Å². The van der Waals surface area contributed by atoms with Crippen LogP contribution in [0.15, 0.2) is 40.0 Å². The Morgan fingerprint density at radius 1 is 1.36 bits per heavy atom. The van der Waals surface area contributed by atoms with Crippen LogP contribution in [0.25, 0.3) is 11.0 Å². The Morgan fingerprint density at radius 3 is 3.09 bits per heavy atom. The lowest BCUT2D eigenvalue weighted by Gasteiger charge is -1.90. The molecule has 0 aliphatic rings. The monoisotopic (exact) mass is 147 g/mol. The summed E-state index contributed by atoms with van der Waals surface area (Å²) in [5.41, 5.74) is 0.520. The maximum atomic E-state index is 11.1. The van der Waals surface area contributed by atoms with Crippen LogP contribution in [0.5, 0.6) is 0 Å². The smallest absolute Gasteiger partial charge is 0.194 e. The molecule has 0 amide bonds. The SMILES string of the molecule is O=c1ccoc2ccncc12. The molecule has 0 aliphatic heterocycles. The molecule has 54 valence electrons. The van der Waals surface area contributed by atoms with Gasteiger partial charge in [-0.05, 0) is 6.07 Å². The van der Waals surface area contributed by atoms with Crippen molar-refractivity contribution in [2.75, 3.05) is 0 Å². The average molecular weight is 147 g/mol. The summed E-state index contributed by atoms with van der Waals surface area (Å²) >= 11 is 0. The van der Waals surface area contributed by atoms with E-state index < -0.39 is 0 Å². The van der Waals surface area contributed by atoms with Crippen molar-refractivity contribution >= 4 is 11.0 Å². The predicted molar refractivity (Wildman–Crippen MR) is 40.3 cm³/mol. The van der Waals surface area contributed by atoms with E-state index in [0.29, 0.717) is 11.0 Å². The zero-order valence-corrected chi connectivity index (χ0v) is 5.65. The molecule has 0 N–H and O–H groups in total. The van der Waals surface area contributed by atoms with Crippen LogP contribution in [0.4, 0.5) is 0 Å². The maximum absolute atomic E-state index is 11.1. The van der Waals surface area contributed by atoms with Crippen LogP contribution >= 0.6 is 0 Å². The molecular weight excluding hydrogens is 142 g/mol. The van der Waals surface area contributed by atoms with Crippen molar-refractivity contribution in [3.05, 3.63) is 41.0 Å². The van der Waals surface area contributed by atoms with Gasteiger partial charge in [0.15, 0.2) is 5.43 Å². The summed E-state index contributed by atoms with van der Waals surface area (Å²) in [5, 5.41) is 0.523. The second-order valence-corrected chi connectivity index (χ2v) is 2.16. The minimum atomic E-state index is -0.0562. The van der Waals surface area contributed by atoms with Crippen molar-refractivity contribution in [3.63, 3.8) is 0 Å². The van der Waals surface area contributed by atoms with Crippen LogP contribution in [-0.2, 0) is 0 Å². The van der Waals surface area contributed by atoms with E-state index in [1.54, 1.807) is 12.3 Å². The molecular formula is C8H5NO2. The van der Waals surface area contributed by atoms with Crippen molar-refractivity contribution < 1.29 is 4.42 Å². The third-order valence-electron chi connectivity index (χ3n) is 1.46. The molecule has 0 bridgehead atoms. The van der Waals surface area contributed by atoms with E-state index in [-0.39, 0.29) is 5.43 Å². The number of pyridine rings is 1. The average Bonchev–Trinajstić information content (AvgIpc) is 2.06. The zero-order valence-electron chi connectivity index (χ0n) is 5.65. The first-order chi connectivity index (χ1) is 5.38. The Balaban J connectivity index is 3.03. The lowest BCUT2D eigenvalue weighted by molar-refractivity contribution is 0.602. The van der Waals surface area contributed by atoms with Crippen LogP contribution in [0, 0.1) is 0 Å². The van der Waals surface area contributed by atoms with Crippen molar-refractivity contribution in [2.24, 2.45) is 0 Å². The first-order valence-corrected chi connectivity index (χ1v) is 3.19. The number of rotatable bonds is 0. The zero-order chi connectivity index (χ0) is 7.68. The summed E-state index contributed by atoms with van der Waals surface area (Å²) in [7, 11) is 0. The molecule has 0 saturated heterocycles. The number of hydrogen-bond acceptors (Lipinski definition) is 3. The maximum Gasteiger partial charge on any atom is 0.194 e. The molecule has 2 heterocycles. The molecule has 2 rings (SSSR count). The van der Waals surface area contributed by atoms with E-state index in [0.717, 1.165) is 0 Å². The van der Waals surface area contributed by atoms with E-state index in [4.69, 9.17) is 4.42 Å². The molecule has 0 atom stereocenters. The van der Waals surface area contributed by atoms with Crippen LogP contribution in [0.3, 0.4) is 0 Å². The van der Waals surface area contributed by atoms with Gasteiger partial charge in [0.25, 0.3) is 0 Å². The minimum absolute atomic E-state index is 0.0562. The molecule has 0 aromatic carbocycles. The highest BCUT2D eigenvalue weighted by Crippen LogP contribution is 2.04. The van der Waals surface area contributed by atoms with Gasteiger partial charge in [0.2, 0.25) is 0 Å². The number of nitrogens with zero attached hydrogens (tertiary/aromatic N) is 1.